The zero-order chi connectivity index (χ0) is 23.0. The van der Waals surface area contributed by atoms with Gasteiger partial charge in [0.05, 0.1) is 6.61 Å². The number of aromatic hydroxyl groups is 1. The van der Waals surface area contributed by atoms with Crippen molar-refractivity contribution in [3.05, 3.63) is 95.6 Å². The summed E-state index contributed by atoms with van der Waals surface area (Å²) in [4.78, 5) is 11.8. The van der Waals surface area contributed by atoms with Crippen molar-refractivity contribution in [2.75, 3.05) is 13.7 Å². The minimum Gasteiger partial charge on any atom is -0.507 e. The van der Waals surface area contributed by atoms with Gasteiger partial charge in [-0.1, -0.05) is 86.8 Å². The van der Waals surface area contributed by atoms with Crippen LogP contribution in [0.25, 0.3) is 0 Å². The summed E-state index contributed by atoms with van der Waals surface area (Å²) in [6.45, 7) is 2.85. The topological polar surface area (TPSA) is 57.4 Å². The van der Waals surface area contributed by atoms with Crippen molar-refractivity contribution in [1.29, 1.82) is 0 Å². The highest BCUT2D eigenvalue weighted by Gasteiger charge is 2.28. The average molecular weight is 442 g/mol. The first kappa shape index (κ1) is 22.6. The van der Waals surface area contributed by atoms with Gasteiger partial charge in [-0.15, -0.1) is 0 Å². The van der Waals surface area contributed by atoms with Crippen LogP contribution in [-0.2, 0) is 0 Å². The summed E-state index contributed by atoms with van der Waals surface area (Å²) >= 11 is 0. The van der Waals surface area contributed by atoms with E-state index < -0.39 is 6.17 Å². The molecule has 0 saturated heterocycles. The van der Waals surface area contributed by atoms with Crippen LogP contribution in [0.5, 0.6) is 11.5 Å². The number of amidine groups is 2. The Hall–Kier alpha value is -3.60. The molecule has 1 unspecified atom stereocenters. The second-order valence-electron chi connectivity index (χ2n) is 8.23. The molecule has 1 N–H and O–H groups in total. The van der Waals surface area contributed by atoms with E-state index in [4.69, 9.17) is 14.7 Å². The summed E-state index contributed by atoms with van der Waals surface area (Å²) in [6.07, 6.45) is 4.18. The predicted molar refractivity (Wildman–Crippen MR) is 134 cm³/mol. The molecule has 0 aromatic heterocycles. The fraction of sp³-hybridized carbons (Fsp3) is 0.286. The smallest absolute Gasteiger partial charge is 0.159 e. The zero-order valence-electron chi connectivity index (χ0n) is 19.3. The minimum atomic E-state index is -0.411. The van der Waals surface area contributed by atoms with E-state index in [1.54, 1.807) is 6.07 Å². The number of hydrogen-bond donors (Lipinski definition) is 1. The van der Waals surface area contributed by atoms with E-state index in [1.807, 2.05) is 84.7 Å². The van der Waals surface area contributed by atoms with Crippen molar-refractivity contribution in [2.45, 2.75) is 38.8 Å². The third kappa shape index (κ3) is 5.43. The average Bonchev–Trinajstić information content (AvgIpc) is 2.85. The molecular formula is C28H31N3O2. The summed E-state index contributed by atoms with van der Waals surface area (Å²) < 4.78 is 5.85. The Morgan fingerprint density at radius 3 is 2.24 bits per heavy atom. The number of phenolic OH excluding ortho intramolecular Hbond substituents is 1. The summed E-state index contributed by atoms with van der Waals surface area (Å²) in [5, 5.41) is 10.9. The maximum Gasteiger partial charge on any atom is 0.159 e. The number of rotatable bonds is 9. The van der Waals surface area contributed by atoms with Crippen molar-refractivity contribution >= 4 is 11.7 Å². The van der Waals surface area contributed by atoms with Crippen LogP contribution < -0.4 is 4.74 Å². The Labute approximate surface area is 196 Å². The van der Waals surface area contributed by atoms with Gasteiger partial charge in [-0.3, -0.25) is 0 Å². The largest absolute Gasteiger partial charge is 0.507 e. The third-order valence-corrected chi connectivity index (χ3v) is 5.77. The van der Waals surface area contributed by atoms with Gasteiger partial charge in [0, 0.05) is 29.8 Å². The Balaban J connectivity index is 1.63. The first-order chi connectivity index (χ1) is 16.2. The lowest BCUT2D eigenvalue weighted by molar-refractivity contribution is 0.302. The number of nitrogens with zero attached hydrogens (tertiary/aromatic N) is 3. The quantitative estimate of drug-likeness (QED) is 0.403. The van der Waals surface area contributed by atoms with E-state index in [0.717, 1.165) is 29.8 Å². The van der Waals surface area contributed by atoms with E-state index in [0.29, 0.717) is 23.8 Å². The van der Waals surface area contributed by atoms with Gasteiger partial charge in [0.25, 0.3) is 0 Å². The number of phenols is 1. The molecule has 1 aliphatic rings. The van der Waals surface area contributed by atoms with E-state index in [1.165, 1.54) is 12.8 Å². The summed E-state index contributed by atoms with van der Waals surface area (Å²) in [6, 6.07) is 25.5. The van der Waals surface area contributed by atoms with Gasteiger partial charge in [-0.2, -0.15) is 0 Å². The van der Waals surface area contributed by atoms with Gasteiger partial charge in [0.15, 0.2) is 12.0 Å². The fourth-order valence-electron chi connectivity index (χ4n) is 3.94. The molecule has 0 spiro atoms. The van der Waals surface area contributed by atoms with Gasteiger partial charge in [-0.25, -0.2) is 9.98 Å². The number of aliphatic imine (C=N–C) groups is 2. The predicted octanol–water partition coefficient (Wildman–Crippen LogP) is 6.19. The van der Waals surface area contributed by atoms with Gasteiger partial charge < -0.3 is 14.7 Å². The molecule has 0 amide bonds. The molecule has 1 aliphatic heterocycles. The van der Waals surface area contributed by atoms with Crippen LogP contribution in [0.1, 0.15) is 55.5 Å². The molecule has 3 aromatic rings. The molecule has 4 rings (SSSR count). The number of ether oxygens (including phenoxy) is 1. The fourth-order valence-corrected chi connectivity index (χ4v) is 3.94. The monoisotopic (exact) mass is 441 g/mol. The maximum absolute atomic E-state index is 10.9. The number of unbranched alkanes of at least 4 members (excludes halogenated alkanes) is 3. The van der Waals surface area contributed by atoms with Crippen molar-refractivity contribution in [1.82, 2.24) is 4.90 Å². The molecule has 170 valence electrons. The molecule has 1 atom stereocenters. The minimum absolute atomic E-state index is 0.170. The molecule has 5 heteroatoms. The Morgan fingerprint density at radius 1 is 0.879 bits per heavy atom. The molecule has 0 fully saturated rings. The molecule has 0 saturated carbocycles. The third-order valence-electron chi connectivity index (χ3n) is 5.77. The lowest BCUT2D eigenvalue weighted by atomic mass is 10.1. The summed E-state index contributed by atoms with van der Waals surface area (Å²) in [5.41, 5.74) is 2.66. The van der Waals surface area contributed by atoms with Gasteiger partial charge in [-0.05, 0) is 18.6 Å². The maximum atomic E-state index is 10.9. The normalized spacial score (nSPS) is 15.7. The molecular weight excluding hydrogens is 410 g/mol. The van der Waals surface area contributed by atoms with Crippen LogP contribution >= 0.6 is 0 Å². The first-order valence-corrected chi connectivity index (χ1v) is 11.6. The summed E-state index contributed by atoms with van der Waals surface area (Å²) in [7, 11) is 1.96. The van der Waals surface area contributed by atoms with Gasteiger partial charge in [0.1, 0.15) is 17.3 Å². The Kier molecular flexibility index (Phi) is 7.40. The van der Waals surface area contributed by atoms with Gasteiger partial charge in [0.2, 0.25) is 0 Å². The van der Waals surface area contributed by atoms with E-state index in [-0.39, 0.29) is 5.75 Å². The number of benzene rings is 3. The van der Waals surface area contributed by atoms with Gasteiger partial charge >= 0.3 is 0 Å². The Bertz CT molecular complexity index is 1110. The van der Waals surface area contributed by atoms with Crippen LogP contribution in [0.4, 0.5) is 0 Å². The second kappa shape index (κ2) is 10.8. The second-order valence-corrected chi connectivity index (χ2v) is 8.23. The van der Waals surface area contributed by atoms with Crippen LogP contribution in [0.3, 0.4) is 0 Å². The number of hydrogen-bond acceptors (Lipinski definition) is 5. The highest BCUT2D eigenvalue weighted by Crippen LogP contribution is 2.35. The lowest BCUT2D eigenvalue weighted by Crippen LogP contribution is -2.35. The molecule has 0 radical (unpaired) electrons. The van der Waals surface area contributed by atoms with Crippen LogP contribution in [-0.4, -0.2) is 35.3 Å². The molecule has 5 nitrogen and oxygen atoms in total. The molecule has 33 heavy (non-hydrogen) atoms. The Morgan fingerprint density at radius 2 is 1.58 bits per heavy atom. The van der Waals surface area contributed by atoms with Crippen LogP contribution in [0.15, 0.2) is 88.8 Å². The van der Waals surface area contributed by atoms with E-state index in [2.05, 4.69) is 6.92 Å². The lowest BCUT2D eigenvalue weighted by Gasteiger charge is -2.32. The van der Waals surface area contributed by atoms with Crippen LogP contribution in [0, 0.1) is 0 Å². The highest BCUT2D eigenvalue weighted by atomic mass is 16.5. The summed E-state index contributed by atoms with van der Waals surface area (Å²) in [5.74, 6) is 2.30. The van der Waals surface area contributed by atoms with Crippen molar-refractivity contribution in [3.63, 3.8) is 0 Å². The standard InChI is InChI=1S/C28H31N3O2/c1-3-4-5-12-19-33-23-17-18-24(25(32)20-23)28-30-26(21-13-8-6-9-14-21)29-27(31(28)2)22-15-10-7-11-16-22/h6-11,13-18,20,28,32H,3-5,12,19H2,1-2H3. The van der Waals surface area contributed by atoms with Crippen molar-refractivity contribution in [2.24, 2.45) is 9.98 Å². The van der Waals surface area contributed by atoms with Crippen LogP contribution in [0.2, 0.25) is 0 Å². The highest BCUT2D eigenvalue weighted by molar-refractivity contribution is 6.12. The first-order valence-electron chi connectivity index (χ1n) is 11.6. The van der Waals surface area contributed by atoms with Crippen molar-refractivity contribution in [3.8, 4) is 11.5 Å². The van der Waals surface area contributed by atoms with E-state index >= 15 is 0 Å². The molecule has 0 aliphatic carbocycles. The molecule has 3 aromatic carbocycles. The molecule has 1 heterocycles. The zero-order valence-corrected chi connectivity index (χ0v) is 19.3. The molecule has 0 bridgehead atoms. The SMILES string of the molecule is CCCCCCOc1ccc(C2N=C(c3ccccc3)N=C(c3ccccc3)N2C)c(O)c1. The van der Waals surface area contributed by atoms with Crippen molar-refractivity contribution < 1.29 is 9.84 Å². The van der Waals surface area contributed by atoms with E-state index in [9.17, 15) is 5.11 Å².